The first-order chi connectivity index (χ1) is 13.6. The quantitative estimate of drug-likeness (QED) is 0.791. The summed E-state index contributed by atoms with van der Waals surface area (Å²) < 4.78 is 10.6. The lowest BCUT2D eigenvalue weighted by Crippen LogP contribution is -2.30. The fourth-order valence-corrected chi connectivity index (χ4v) is 3.53. The summed E-state index contributed by atoms with van der Waals surface area (Å²) in [7, 11) is 3.18. The molecule has 1 aliphatic rings. The van der Waals surface area contributed by atoms with Gasteiger partial charge in [-0.2, -0.15) is 0 Å². The van der Waals surface area contributed by atoms with Crippen molar-refractivity contribution in [2.75, 3.05) is 37.5 Å². The number of aromatic nitrogens is 2. The number of anilines is 2. The Morgan fingerprint density at radius 1 is 1.25 bits per heavy atom. The summed E-state index contributed by atoms with van der Waals surface area (Å²) >= 11 is 0. The summed E-state index contributed by atoms with van der Waals surface area (Å²) in [6.45, 7) is 5.95. The average molecular weight is 384 g/mol. The molecule has 28 heavy (non-hydrogen) atoms. The minimum absolute atomic E-state index is 0.0231. The molecule has 0 fully saturated rings. The van der Waals surface area contributed by atoms with E-state index in [-0.39, 0.29) is 11.8 Å². The molecule has 1 aromatic heterocycles. The van der Waals surface area contributed by atoms with Crippen molar-refractivity contribution in [3.8, 4) is 11.5 Å². The van der Waals surface area contributed by atoms with E-state index < -0.39 is 0 Å². The van der Waals surface area contributed by atoms with Crippen molar-refractivity contribution in [1.29, 1.82) is 0 Å². The third-order valence-electron chi connectivity index (χ3n) is 5.22. The molecule has 2 aromatic rings. The van der Waals surface area contributed by atoms with Crippen LogP contribution in [0, 0.1) is 5.92 Å². The van der Waals surface area contributed by atoms with Crippen LogP contribution >= 0.6 is 0 Å². The van der Waals surface area contributed by atoms with Gasteiger partial charge in [0.25, 0.3) is 0 Å². The molecule has 0 bridgehead atoms. The Balaban J connectivity index is 1.73. The third-order valence-corrected chi connectivity index (χ3v) is 5.22. The number of carbonyl (C=O) groups excluding carboxylic acids is 1. The highest BCUT2D eigenvalue weighted by atomic mass is 16.5. The first-order valence-corrected chi connectivity index (χ1v) is 9.72. The topological polar surface area (TPSA) is 76.6 Å². The Kier molecular flexibility index (Phi) is 6.34. The normalized spacial score (nSPS) is 15.5. The van der Waals surface area contributed by atoms with E-state index in [0.29, 0.717) is 23.6 Å². The summed E-state index contributed by atoms with van der Waals surface area (Å²) in [4.78, 5) is 24.2. The third kappa shape index (κ3) is 4.18. The Morgan fingerprint density at radius 3 is 2.71 bits per heavy atom. The number of aryl methyl sites for hydroxylation is 1. The molecule has 0 saturated heterocycles. The van der Waals surface area contributed by atoms with Crippen molar-refractivity contribution < 1.29 is 14.3 Å². The van der Waals surface area contributed by atoms with Gasteiger partial charge in [-0.15, -0.1) is 0 Å². The molecule has 1 aliphatic carbocycles. The molecule has 0 spiro atoms. The van der Waals surface area contributed by atoms with E-state index in [1.165, 1.54) is 0 Å². The summed E-state index contributed by atoms with van der Waals surface area (Å²) in [6, 6.07) is 5.36. The summed E-state index contributed by atoms with van der Waals surface area (Å²) in [5, 5.41) is 2.99. The zero-order chi connectivity index (χ0) is 20.1. The summed E-state index contributed by atoms with van der Waals surface area (Å²) in [5.74, 6) is 1.91. The van der Waals surface area contributed by atoms with Gasteiger partial charge in [0.2, 0.25) is 11.9 Å². The number of fused-ring (bicyclic) bond motifs is 1. The van der Waals surface area contributed by atoms with Crippen LogP contribution in [0.2, 0.25) is 0 Å². The number of ether oxygens (including phenoxy) is 2. The summed E-state index contributed by atoms with van der Waals surface area (Å²) in [5.41, 5.74) is 2.73. The number of benzene rings is 1. The second-order valence-corrected chi connectivity index (χ2v) is 6.81. The molecule has 1 heterocycles. The molecule has 1 unspecified atom stereocenters. The molecule has 0 radical (unpaired) electrons. The highest BCUT2D eigenvalue weighted by Crippen LogP contribution is 2.31. The van der Waals surface area contributed by atoms with Gasteiger partial charge in [-0.25, -0.2) is 9.97 Å². The van der Waals surface area contributed by atoms with Gasteiger partial charge in [0.05, 0.1) is 19.9 Å². The lowest BCUT2D eigenvalue weighted by Gasteiger charge is -2.25. The number of amides is 1. The number of hydrogen-bond acceptors (Lipinski definition) is 6. The molecule has 0 aliphatic heterocycles. The highest BCUT2D eigenvalue weighted by molar-refractivity contribution is 5.94. The standard InChI is InChI=1S/C21H28N4O3/c1-5-25(6-2)21-22-13-15-11-14(7-9-17(15)24-21)20(26)23-18-12-16(27-3)8-10-19(18)28-4/h8,10,12-14H,5-7,9,11H2,1-4H3,(H,23,26). The highest BCUT2D eigenvalue weighted by Gasteiger charge is 2.27. The predicted molar refractivity (Wildman–Crippen MR) is 109 cm³/mol. The fourth-order valence-electron chi connectivity index (χ4n) is 3.53. The SMILES string of the molecule is CCN(CC)c1ncc2c(n1)CCC(C(=O)Nc1cc(OC)ccc1OC)C2. The molecule has 7 heteroatoms. The molecule has 7 nitrogen and oxygen atoms in total. The van der Waals surface area contributed by atoms with Crippen LogP contribution in [-0.4, -0.2) is 43.2 Å². The molecule has 1 N–H and O–H groups in total. The number of carbonyl (C=O) groups is 1. The lowest BCUT2D eigenvalue weighted by atomic mass is 9.86. The molecule has 1 atom stereocenters. The van der Waals surface area contributed by atoms with Gasteiger partial charge >= 0.3 is 0 Å². The molecule has 1 aromatic carbocycles. The van der Waals surface area contributed by atoms with E-state index in [0.717, 1.165) is 43.1 Å². The monoisotopic (exact) mass is 384 g/mol. The van der Waals surface area contributed by atoms with E-state index in [1.807, 2.05) is 6.20 Å². The zero-order valence-corrected chi connectivity index (χ0v) is 17.0. The maximum Gasteiger partial charge on any atom is 0.227 e. The van der Waals surface area contributed by atoms with Crippen LogP contribution in [0.3, 0.4) is 0 Å². The minimum Gasteiger partial charge on any atom is -0.497 e. The summed E-state index contributed by atoms with van der Waals surface area (Å²) in [6.07, 6.45) is 4.06. The van der Waals surface area contributed by atoms with Crippen LogP contribution in [0.5, 0.6) is 11.5 Å². The smallest absolute Gasteiger partial charge is 0.227 e. The molecule has 0 saturated carbocycles. The van der Waals surface area contributed by atoms with Crippen molar-refractivity contribution in [2.24, 2.45) is 5.92 Å². The number of nitrogens with one attached hydrogen (secondary N) is 1. The maximum absolute atomic E-state index is 12.9. The first kappa shape index (κ1) is 19.9. The number of rotatable bonds is 7. The fraction of sp³-hybridized carbons (Fsp3) is 0.476. The van der Waals surface area contributed by atoms with Crippen molar-refractivity contribution >= 4 is 17.5 Å². The van der Waals surface area contributed by atoms with Crippen LogP contribution in [-0.2, 0) is 17.6 Å². The molecule has 1 amide bonds. The maximum atomic E-state index is 12.9. The Labute approximate surface area is 166 Å². The van der Waals surface area contributed by atoms with E-state index in [1.54, 1.807) is 32.4 Å². The number of hydrogen-bond donors (Lipinski definition) is 1. The van der Waals surface area contributed by atoms with Crippen LogP contribution in [0.1, 0.15) is 31.5 Å². The second kappa shape index (κ2) is 8.91. The molecular formula is C21H28N4O3. The predicted octanol–water partition coefficient (Wildman–Crippen LogP) is 3.08. The Bertz CT molecular complexity index is 836. The largest absolute Gasteiger partial charge is 0.497 e. The Morgan fingerprint density at radius 2 is 2.04 bits per heavy atom. The molecule has 3 rings (SSSR count). The lowest BCUT2D eigenvalue weighted by molar-refractivity contribution is -0.120. The second-order valence-electron chi connectivity index (χ2n) is 6.81. The van der Waals surface area contributed by atoms with E-state index in [4.69, 9.17) is 14.5 Å². The van der Waals surface area contributed by atoms with Gasteiger partial charge in [0.15, 0.2) is 0 Å². The van der Waals surface area contributed by atoms with Gasteiger partial charge in [0.1, 0.15) is 11.5 Å². The van der Waals surface area contributed by atoms with Crippen molar-refractivity contribution in [3.05, 3.63) is 35.7 Å². The van der Waals surface area contributed by atoms with Crippen LogP contribution in [0.25, 0.3) is 0 Å². The Hall–Kier alpha value is -2.83. The minimum atomic E-state index is -0.119. The van der Waals surface area contributed by atoms with Gasteiger partial charge in [-0.3, -0.25) is 4.79 Å². The zero-order valence-electron chi connectivity index (χ0n) is 17.0. The van der Waals surface area contributed by atoms with E-state index >= 15 is 0 Å². The molecular weight excluding hydrogens is 356 g/mol. The van der Waals surface area contributed by atoms with Gasteiger partial charge in [-0.05, 0) is 50.8 Å². The van der Waals surface area contributed by atoms with E-state index in [9.17, 15) is 4.79 Å². The average Bonchev–Trinajstić information content (AvgIpc) is 2.74. The van der Waals surface area contributed by atoms with Crippen LogP contribution < -0.4 is 19.7 Å². The van der Waals surface area contributed by atoms with Gasteiger partial charge in [0, 0.05) is 37.0 Å². The van der Waals surface area contributed by atoms with Crippen molar-refractivity contribution in [1.82, 2.24) is 9.97 Å². The van der Waals surface area contributed by atoms with Gasteiger partial charge < -0.3 is 19.7 Å². The van der Waals surface area contributed by atoms with Crippen LogP contribution in [0.15, 0.2) is 24.4 Å². The first-order valence-electron chi connectivity index (χ1n) is 9.72. The number of nitrogens with zero attached hydrogens (tertiary/aromatic N) is 3. The number of methoxy groups -OCH3 is 2. The van der Waals surface area contributed by atoms with E-state index in [2.05, 4.69) is 29.0 Å². The van der Waals surface area contributed by atoms with Crippen molar-refractivity contribution in [2.45, 2.75) is 33.1 Å². The van der Waals surface area contributed by atoms with Crippen molar-refractivity contribution in [3.63, 3.8) is 0 Å². The molecule has 150 valence electrons. The van der Waals surface area contributed by atoms with Gasteiger partial charge in [-0.1, -0.05) is 0 Å². The van der Waals surface area contributed by atoms with Crippen LogP contribution in [0.4, 0.5) is 11.6 Å².